The fraction of sp³-hybridized carbons (Fsp3) is 0.357. The van der Waals surface area contributed by atoms with Crippen LogP contribution in [0.25, 0.3) is 5.69 Å². The molecule has 0 amide bonds. The van der Waals surface area contributed by atoms with Gasteiger partial charge in [0.05, 0.1) is 17.6 Å². The average molecular weight is 283 g/mol. The summed E-state index contributed by atoms with van der Waals surface area (Å²) in [6.45, 7) is 3.83. The van der Waals surface area contributed by atoms with Crippen molar-refractivity contribution in [3.05, 3.63) is 47.0 Å². The van der Waals surface area contributed by atoms with Gasteiger partial charge in [0, 0.05) is 17.9 Å². The fourth-order valence-corrected chi connectivity index (χ4v) is 2.08. The summed E-state index contributed by atoms with van der Waals surface area (Å²) in [6, 6.07) is 4.35. The van der Waals surface area contributed by atoms with Gasteiger partial charge in [0.1, 0.15) is 0 Å². The first-order valence-corrected chi connectivity index (χ1v) is 6.20. The minimum Gasteiger partial charge on any atom is -0.316 e. The molecule has 0 saturated heterocycles. The van der Waals surface area contributed by atoms with Crippen LogP contribution >= 0.6 is 0 Å². The van der Waals surface area contributed by atoms with Crippen LogP contribution in [-0.2, 0) is 12.7 Å². The number of halogens is 3. The number of hydrogen-bond donors (Lipinski definition) is 1. The van der Waals surface area contributed by atoms with Crippen molar-refractivity contribution in [2.24, 2.45) is 0 Å². The minimum absolute atomic E-state index is 0.178. The van der Waals surface area contributed by atoms with Crippen LogP contribution in [0.4, 0.5) is 13.2 Å². The van der Waals surface area contributed by atoms with Gasteiger partial charge in [0.2, 0.25) is 0 Å². The topological polar surface area (TPSA) is 29.9 Å². The SMILES string of the molecule is CNCc1ccc(-n2cnc(C)c2C)cc1C(F)(F)F. The molecule has 3 nitrogen and oxygen atoms in total. The van der Waals surface area contributed by atoms with Crippen LogP contribution in [0.15, 0.2) is 24.5 Å². The van der Waals surface area contributed by atoms with Crippen LogP contribution in [-0.4, -0.2) is 16.6 Å². The molecule has 0 fully saturated rings. The Kier molecular flexibility index (Phi) is 3.85. The van der Waals surface area contributed by atoms with Gasteiger partial charge in [-0.3, -0.25) is 0 Å². The van der Waals surface area contributed by atoms with Crippen molar-refractivity contribution in [1.82, 2.24) is 14.9 Å². The molecular weight excluding hydrogens is 267 g/mol. The third kappa shape index (κ3) is 2.70. The first-order valence-electron chi connectivity index (χ1n) is 6.20. The van der Waals surface area contributed by atoms with E-state index in [1.54, 1.807) is 17.7 Å². The van der Waals surface area contributed by atoms with Crippen molar-refractivity contribution in [3.8, 4) is 5.69 Å². The minimum atomic E-state index is -4.37. The summed E-state index contributed by atoms with van der Waals surface area (Å²) < 4.78 is 41.0. The van der Waals surface area contributed by atoms with E-state index in [0.717, 1.165) is 11.4 Å². The molecule has 0 aliphatic heterocycles. The molecule has 1 heterocycles. The largest absolute Gasteiger partial charge is 0.416 e. The molecular formula is C14H16F3N3. The van der Waals surface area contributed by atoms with Gasteiger partial charge in [-0.15, -0.1) is 0 Å². The molecule has 0 aliphatic rings. The molecule has 1 aromatic heterocycles. The lowest BCUT2D eigenvalue weighted by Gasteiger charge is -2.15. The van der Waals surface area contributed by atoms with Gasteiger partial charge in [0.25, 0.3) is 0 Å². The zero-order valence-corrected chi connectivity index (χ0v) is 11.5. The van der Waals surface area contributed by atoms with Crippen LogP contribution in [0.3, 0.4) is 0 Å². The number of hydrogen-bond acceptors (Lipinski definition) is 2. The highest BCUT2D eigenvalue weighted by atomic mass is 19.4. The molecule has 0 unspecified atom stereocenters. The maximum atomic E-state index is 13.1. The third-order valence-electron chi connectivity index (χ3n) is 3.30. The lowest BCUT2D eigenvalue weighted by molar-refractivity contribution is -0.138. The van der Waals surface area contributed by atoms with Crippen LogP contribution in [0.2, 0.25) is 0 Å². The lowest BCUT2D eigenvalue weighted by Crippen LogP contribution is -2.15. The van der Waals surface area contributed by atoms with Crippen molar-refractivity contribution < 1.29 is 13.2 Å². The predicted octanol–water partition coefficient (Wildman–Crippen LogP) is 3.23. The maximum Gasteiger partial charge on any atom is 0.416 e. The van der Waals surface area contributed by atoms with Crippen molar-refractivity contribution in [1.29, 1.82) is 0 Å². The fourth-order valence-electron chi connectivity index (χ4n) is 2.08. The van der Waals surface area contributed by atoms with Crippen LogP contribution in [0, 0.1) is 13.8 Å². The van der Waals surface area contributed by atoms with Gasteiger partial charge in [-0.25, -0.2) is 4.98 Å². The van der Waals surface area contributed by atoms with E-state index in [9.17, 15) is 13.2 Å². The van der Waals surface area contributed by atoms with Crippen LogP contribution < -0.4 is 5.32 Å². The van der Waals surface area contributed by atoms with Crippen molar-refractivity contribution in [2.45, 2.75) is 26.6 Å². The smallest absolute Gasteiger partial charge is 0.316 e. The molecule has 1 aromatic carbocycles. The molecule has 0 saturated carbocycles. The Balaban J connectivity index is 2.55. The van der Waals surface area contributed by atoms with E-state index >= 15 is 0 Å². The molecule has 0 spiro atoms. The number of benzene rings is 1. The van der Waals surface area contributed by atoms with Crippen molar-refractivity contribution >= 4 is 0 Å². The lowest BCUT2D eigenvalue weighted by atomic mass is 10.1. The van der Waals surface area contributed by atoms with Gasteiger partial charge >= 0.3 is 6.18 Å². The Hall–Kier alpha value is -1.82. The van der Waals surface area contributed by atoms with Gasteiger partial charge in [-0.1, -0.05) is 6.07 Å². The number of imidazole rings is 1. The Labute approximate surface area is 115 Å². The standard InChI is InChI=1S/C14H16F3N3/c1-9-10(2)20(8-19-9)12-5-4-11(7-18-3)13(6-12)14(15,16)17/h4-6,8,18H,7H2,1-3H3. The first-order chi connectivity index (χ1) is 9.34. The zero-order chi connectivity index (χ0) is 14.9. The van der Waals surface area contributed by atoms with Crippen LogP contribution in [0.1, 0.15) is 22.5 Å². The third-order valence-corrected chi connectivity index (χ3v) is 3.30. The Morgan fingerprint density at radius 3 is 2.45 bits per heavy atom. The van der Waals surface area contributed by atoms with Crippen LogP contribution in [0.5, 0.6) is 0 Å². The summed E-state index contributed by atoms with van der Waals surface area (Å²) in [5, 5.41) is 2.75. The summed E-state index contributed by atoms with van der Waals surface area (Å²) in [4.78, 5) is 4.11. The van der Waals surface area contributed by atoms with Crippen molar-refractivity contribution in [2.75, 3.05) is 7.05 Å². The second kappa shape index (κ2) is 5.28. The molecule has 0 aliphatic carbocycles. The molecule has 2 rings (SSSR count). The summed E-state index contributed by atoms with van der Waals surface area (Å²) in [6.07, 6.45) is -2.83. The molecule has 0 bridgehead atoms. The van der Waals surface area contributed by atoms with Gasteiger partial charge < -0.3 is 9.88 Å². The molecule has 0 atom stereocenters. The first kappa shape index (κ1) is 14.6. The zero-order valence-electron chi connectivity index (χ0n) is 11.5. The van der Waals surface area contributed by atoms with E-state index in [-0.39, 0.29) is 12.1 Å². The number of rotatable bonds is 3. The Morgan fingerprint density at radius 2 is 1.95 bits per heavy atom. The van der Waals surface area contributed by atoms with E-state index in [1.807, 2.05) is 13.8 Å². The van der Waals surface area contributed by atoms with E-state index in [2.05, 4.69) is 10.3 Å². The Morgan fingerprint density at radius 1 is 1.25 bits per heavy atom. The monoisotopic (exact) mass is 283 g/mol. The highest BCUT2D eigenvalue weighted by molar-refractivity contribution is 5.43. The molecule has 2 aromatic rings. The van der Waals surface area contributed by atoms with E-state index in [0.29, 0.717) is 5.69 Å². The molecule has 108 valence electrons. The molecule has 0 radical (unpaired) electrons. The maximum absolute atomic E-state index is 13.1. The van der Waals surface area contributed by atoms with Gasteiger partial charge in [0.15, 0.2) is 0 Å². The summed E-state index contributed by atoms with van der Waals surface area (Å²) >= 11 is 0. The molecule has 20 heavy (non-hydrogen) atoms. The van der Waals surface area contributed by atoms with Crippen molar-refractivity contribution in [3.63, 3.8) is 0 Å². The van der Waals surface area contributed by atoms with E-state index in [1.165, 1.54) is 18.5 Å². The number of aryl methyl sites for hydroxylation is 1. The summed E-state index contributed by atoms with van der Waals surface area (Å²) in [7, 11) is 1.62. The number of aromatic nitrogens is 2. The summed E-state index contributed by atoms with van der Waals surface area (Å²) in [5.41, 5.74) is 1.72. The highest BCUT2D eigenvalue weighted by Gasteiger charge is 2.33. The second-order valence-corrected chi connectivity index (χ2v) is 4.65. The molecule has 1 N–H and O–H groups in total. The quantitative estimate of drug-likeness (QED) is 0.937. The second-order valence-electron chi connectivity index (χ2n) is 4.65. The predicted molar refractivity (Wildman–Crippen MR) is 70.8 cm³/mol. The summed E-state index contributed by atoms with van der Waals surface area (Å²) in [5.74, 6) is 0. The van der Waals surface area contributed by atoms with Gasteiger partial charge in [-0.2, -0.15) is 13.2 Å². The van der Waals surface area contributed by atoms with Gasteiger partial charge in [-0.05, 0) is 38.6 Å². The number of nitrogens with one attached hydrogen (secondary N) is 1. The normalized spacial score (nSPS) is 11.9. The molecule has 6 heteroatoms. The van der Waals surface area contributed by atoms with E-state index < -0.39 is 11.7 Å². The highest BCUT2D eigenvalue weighted by Crippen LogP contribution is 2.33. The number of alkyl halides is 3. The van der Waals surface area contributed by atoms with E-state index in [4.69, 9.17) is 0 Å². The average Bonchev–Trinajstić information content (AvgIpc) is 2.70. The Bertz CT molecular complexity index is 615. The number of nitrogens with zero attached hydrogens (tertiary/aromatic N) is 2.